The lowest BCUT2D eigenvalue weighted by Gasteiger charge is -2.35. The molecule has 18 heavy (non-hydrogen) atoms. The SMILES string of the molecule is CCc1nc(NC)cc(N2CCCCC2CO)n1. The van der Waals surface area contributed by atoms with Crippen LogP contribution in [-0.4, -0.2) is 41.3 Å². The van der Waals surface area contributed by atoms with Crippen LogP contribution >= 0.6 is 0 Å². The Balaban J connectivity index is 2.29. The Hall–Kier alpha value is -1.36. The molecule has 1 fully saturated rings. The lowest BCUT2D eigenvalue weighted by Crippen LogP contribution is -2.42. The fourth-order valence-electron chi connectivity index (χ4n) is 2.41. The number of aliphatic hydroxyl groups excluding tert-OH is 1. The lowest BCUT2D eigenvalue weighted by molar-refractivity contribution is 0.239. The summed E-state index contributed by atoms with van der Waals surface area (Å²) >= 11 is 0. The van der Waals surface area contributed by atoms with Crippen LogP contribution in [0.25, 0.3) is 0 Å². The fraction of sp³-hybridized carbons (Fsp3) is 0.692. The molecule has 2 rings (SSSR count). The number of aryl methyl sites for hydroxylation is 1. The number of anilines is 2. The van der Waals surface area contributed by atoms with Crippen molar-refractivity contribution in [2.24, 2.45) is 0 Å². The number of nitrogens with zero attached hydrogens (tertiary/aromatic N) is 3. The molecular formula is C13H22N4O. The first-order valence-corrected chi connectivity index (χ1v) is 6.71. The highest BCUT2D eigenvalue weighted by Gasteiger charge is 2.23. The number of rotatable bonds is 4. The summed E-state index contributed by atoms with van der Waals surface area (Å²) in [4.78, 5) is 11.2. The van der Waals surface area contributed by atoms with Gasteiger partial charge in [0.2, 0.25) is 0 Å². The molecular weight excluding hydrogens is 228 g/mol. The summed E-state index contributed by atoms with van der Waals surface area (Å²) < 4.78 is 0. The molecule has 1 unspecified atom stereocenters. The average Bonchev–Trinajstić information content (AvgIpc) is 2.46. The van der Waals surface area contributed by atoms with Crippen molar-refractivity contribution in [1.82, 2.24) is 9.97 Å². The molecule has 2 N–H and O–H groups in total. The molecule has 0 aromatic carbocycles. The maximum Gasteiger partial charge on any atom is 0.134 e. The zero-order chi connectivity index (χ0) is 13.0. The van der Waals surface area contributed by atoms with Gasteiger partial charge >= 0.3 is 0 Å². The summed E-state index contributed by atoms with van der Waals surface area (Å²) in [7, 11) is 1.87. The molecule has 1 saturated heterocycles. The highest BCUT2D eigenvalue weighted by atomic mass is 16.3. The van der Waals surface area contributed by atoms with Crippen LogP contribution in [0, 0.1) is 0 Å². The minimum Gasteiger partial charge on any atom is -0.394 e. The second kappa shape index (κ2) is 6.00. The number of hydrogen-bond donors (Lipinski definition) is 2. The van der Waals surface area contributed by atoms with E-state index in [4.69, 9.17) is 0 Å². The van der Waals surface area contributed by atoms with E-state index in [1.54, 1.807) is 0 Å². The monoisotopic (exact) mass is 250 g/mol. The second-order valence-corrected chi connectivity index (χ2v) is 4.66. The molecule has 1 aromatic heterocycles. The Bertz CT molecular complexity index is 374. The number of nitrogens with one attached hydrogen (secondary N) is 1. The van der Waals surface area contributed by atoms with Gasteiger partial charge in [-0.25, -0.2) is 9.97 Å². The average molecular weight is 250 g/mol. The molecule has 1 aliphatic heterocycles. The molecule has 0 bridgehead atoms. The molecule has 0 radical (unpaired) electrons. The van der Waals surface area contributed by atoms with Crippen LogP contribution in [0.5, 0.6) is 0 Å². The Labute approximate surface area is 108 Å². The maximum atomic E-state index is 9.48. The van der Waals surface area contributed by atoms with Crippen molar-refractivity contribution < 1.29 is 5.11 Å². The Morgan fingerprint density at radius 1 is 1.44 bits per heavy atom. The summed E-state index contributed by atoms with van der Waals surface area (Å²) in [6.45, 7) is 3.22. The third-order valence-electron chi connectivity index (χ3n) is 3.46. The van der Waals surface area contributed by atoms with Crippen molar-refractivity contribution >= 4 is 11.6 Å². The zero-order valence-electron chi connectivity index (χ0n) is 11.2. The Morgan fingerprint density at radius 2 is 2.28 bits per heavy atom. The first-order valence-electron chi connectivity index (χ1n) is 6.71. The highest BCUT2D eigenvalue weighted by Crippen LogP contribution is 2.24. The quantitative estimate of drug-likeness (QED) is 0.846. The van der Waals surface area contributed by atoms with Crippen molar-refractivity contribution in [2.75, 3.05) is 30.4 Å². The molecule has 5 nitrogen and oxygen atoms in total. The van der Waals surface area contributed by atoms with Crippen LogP contribution in [0.15, 0.2) is 6.07 Å². The largest absolute Gasteiger partial charge is 0.394 e. The topological polar surface area (TPSA) is 61.3 Å². The molecule has 5 heteroatoms. The molecule has 100 valence electrons. The predicted molar refractivity (Wildman–Crippen MR) is 73.0 cm³/mol. The number of aliphatic hydroxyl groups is 1. The van der Waals surface area contributed by atoms with E-state index in [0.29, 0.717) is 0 Å². The molecule has 0 aliphatic carbocycles. The van der Waals surface area contributed by atoms with Gasteiger partial charge in [-0.1, -0.05) is 6.92 Å². The van der Waals surface area contributed by atoms with Crippen LogP contribution < -0.4 is 10.2 Å². The van der Waals surface area contributed by atoms with Crippen LogP contribution in [0.1, 0.15) is 32.0 Å². The van der Waals surface area contributed by atoms with E-state index in [1.807, 2.05) is 13.1 Å². The molecule has 1 atom stereocenters. The first kappa shape index (κ1) is 13.1. The molecule has 0 spiro atoms. The van der Waals surface area contributed by atoms with Crippen LogP contribution in [0.3, 0.4) is 0 Å². The Kier molecular flexibility index (Phi) is 4.36. The van der Waals surface area contributed by atoms with Crippen molar-refractivity contribution in [3.63, 3.8) is 0 Å². The smallest absolute Gasteiger partial charge is 0.134 e. The van der Waals surface area contributed by atoms with Gasteiger partial charge in [0.25, 0.3) is 0 Å². The minimum absolute atomic E-state index is 0.195. The van der Waals surface area contributed by atoms with Gasteiger partial charge in [-0.05, 0) is 19.3 Å². The van der Waals surface area contributed by atoms with Crippen LogP contribution in [0.4, 0.5) is 11.6 Å². The van der Waals surface area contributed by atoms with Crippen LogP contribution in [-0.2, 0) is 6.42 Å². The van der Waals surface area contributed by atoms with Crippen molar-refractivity contribution in [3.8, 4) is 0 Å². The fourth-order valence-corrected chi connectivity index (χ4v) is 2.41. The van der Waals surface area contributed by atoms with E-state index in [-0.39, 0.29) is 12.6 Å². The highest BCUT2D eigenvalue weighted by molar-refractivity contribution is 5.50. The Morgan fingerprint density at radius 3 is 2.94 bits per heavy atom. The third kappa shape index (κ3) is 2.72. The predicted octanol–water partition coefficient (Wildman–Crippen LogP) is 1.43. The van der Waals surface area contributed by atoms with E-state index in [0.717, 1.165) is 43.3 Å². The van der Waals surface area contributed by atoms with E-state index in [1.165, 1.54) is 6.42 Å². The normalized spacial score (nSPS) is 19.9. The van der Waals surface area contributed by atoms with Gasteiger partial charge in [-0.15, -0.1) is 0 Å². The van der Waals surface area contributed by atoms with Gasteiger partial charge < -0.3 is 15.3 Å². The van der Waals surface area contributed by atoms with Crippen molar-refractivity contribution in [3.05, 3.63) is 11.9 Å². The van der Waals surface area contributed by atoms with Gasteiger partial charge in [-0.2, -0.15) is 0 Å². The molecule has 1 aromatic rings. The van der Waals surface area contributed by atoms with E-state index in [2.05, 4.69) is 27.1 Å². The number of hydrogen-bond acceptors (Lipinski definition) is 5. The van der Waals surface area contributed by atoms with E-state index >= 15 is 0 Å². The van der Waals surface area contributed by atoms with Crippen LogP contribution in [0.2, 0.25) is 0 Å². The number of aromatic nitrogens is 2. The minimum atomic E-state index is 0.195. The zero-order valence-corrected chi connectivity index (χ0v) is 11.2. The summed E-state index contributed by atoms with van der Waals surface area (Å²) in [5.41, 5.74) is 0. The van der Waals surface area contributed by atoms with Crippen molar-refractivity contribution in [1.29, 1.82) is 0 Å². The van der Waals surface area contributed by atoms with Crippen molar-refractivity contribution in [2.45, 2.75) is 38.6 Å². The van der Waals surface area contributed by atoms with Gasteiger partial charge in [-0.3, -0.25) is 0 Å². The summed E-state index contributed by atoms with van der Waals surface area (Å²) in [6, 6.07) is 2.16. The lowest BCUT2D eigenvalue weighted by atomic mass is 10.0. The first-order chi connectivity index (χ1) is 8.78. The number of piperidine rings is 1. The van der Waals surface area contributed by atoms with E-state index in [9.17, 15) is 5.11 Å². The van der Waals surface area contributed by atoms with Gasteiger partial charge in [0.1, 0.15) is 17.5 Å². The summed E-state index contributed by atoms with van der Waals surface area (Å²) in [5, 5.41) is 12.5. The standard InChI is InChI=1S/C13H22N4O/c1-3-11-15-12(14-2)8-13(16-11)17-7-5-4-6-10(17)9-18/h8,10,18H,3-7,9H2,1-2H3,(H,14,15,16). The van der Waals surface area contributed by atoms with Gasteiger partial charge in [0.15, 0.2) is 0 Å². The summed E-state index contributed by atoms with van der Waals surface area (Å²) in [5.74, 6) is 2.63. The second-order valence-electron chi connectivity index (χ2n) is 4.66. The summed E-state index contributed by atoms with van der Waals surface area (Å²) in [6.07, 6.45) is 4.21. The molecule has 1 aliphatic rings. The molecule has 0 saturated carbocycles. The van der Waals surface area contributed by atoms with Gasteiger partial charge in [0.05, 0.1) is 12.6 Å². The maximum absolute atomic E-state index is 9.48. The molecule has 2 heterocycles. The van der Waals surface area contributed by atoms with E-state index < -0.39 is 0 Å². The molecule has 0 amide bonds. The van der Waals surface area contributed by atoms with Gasteiger partial charge in [0, 0.05) is 26.1 Å². The third-order valence-corrected chi connectivity index (χ3v) is 3.46.